The van der Waals surface area contributed by atoms with Crippen molar-refractivity contribution in [3.63, 3.8) is 0 Å². The summed E-state index contributed by atoms with van der Waals surface area (Å²) in [6.07, 6.45) is 5.53. The lowest BCUT2D eigenvalue weighted by atomic mass is 9.90. The van der Waals surface area contributed by atoms with Crippen molar-refractivity contribution >= 4 is 5.78 Å². The monoisotopic (exact) mass is 182 g/mol. The van der Waals surface area contributed by atoms with Crippen LogP contribution in [0.4, 0.5) is 4.39 Å². The van der Waals surface area contributed by atoms with E-state index in [1.54, 1.807) is 6.08 Å². The summed E-state index contributed by atoms with van der Waals surface area (Å²) in [5.41, 5.74) is 0.661. The molecule has 2 atom stereocenters. The van der Waals surface area contributed by atoms with Crippen molar-refractivity contribution in [2.75, 3.05) is 0 Å². The zero-order valence-electron chi connectivity index (χ0n) is 8.09. The second kappa shape index (κ2) is 4.35. The first-order chi connectivity index (χ1) is 6.09. The van der Waals surface area contributed by atoms with Crippen molar-refractivity contribution in [3.05, 3.63) is 23.8 Å². The van der Waals surface area contributed by atoms with Crippen LogP contribution in [0, 0.1) is 5.92 Å². The molecule has 1 aliphatic carbocycles. The van der Waals surface area contributed by atoms with Gasteiger partial charge in [-0.1, -0.05) is 19.1 Å². The smallest absolute Gasteiger partial charge is 0.152 e. The van der Waals surface area contributed by atoms with Gasteiger partial charge in [0.05, 0.1) is 0 Å². The average Bonchev–Trinajstić information content (AvgIpc) is 2.06. The Labute approximate surface area is 78.3 Å². The summed E-state index contributed by atoms with van der Waals surface area (Å²) < 4.78 is 13.2. The Hall–Kier alpha value is -0.920. The number of carbonyl (C=O) groups excluding carboxylic acids is 1. The Kier molecular flexibility index (Phi) is 3.40. The van der Waals surface area contributed by atoms with E-state index in [0.29, 0.717) is 17.9 Å². The first-order valence-corrected chi connectivity index (χ1v) is 4.64. The first-order valence-electron chi connectivity index (χ1n) is 4.64. The van der Waals surface area contributed by atoms with Crippen molar-refractivity contribution in [2.45, 2.75) is 32.9 Å². The zero-order chi connectivity index (χ0) is 9.84. The maximum absolute atomic E-state index is 13.2. The van der Waals surface area contributed by atoms with Crippen LogP contribution in [0.5, 0.6) is 0 Å². The Morgan fingerprint density at radius 2 is 2.31 bits per heavy atom. The minimum Gasteiger partial charge on any atom is -0.295 e. The van der Waals surface area contributed by atoms with Gasteiger partial charge in [0.25, 0.3) is 0 Å². The molecule has 2 heteroatoms. The Bertz CT molecular complexity index is 253. The van der Waals surface area contributed by atoms with Crippen LogP contribution in [0.3, 0.4) is 0 Å². The quantitative estimate of drug-likeness (QED) is 0.600. The second-order valence-electron chi connectivity index (χ2n) is 3.63. The molecule has 0 radical (unpaired) electrons. The third-order valence-corrected chi connectivity index (χ3v) is 2.22. The van der Waals surface area contributed by atoms with Crippen molar-refractivity contribution in [1.29, 1.82) is 0 Å². The molecule has 0 N–H and O–H groups in total. The molecule has 0 fully saturated rings. The van der Waals surface area contributed by atoms with E-state index in [1.165, 1.54) is 13.0 Å². The molecule has 1 nitrogen and oxygen atoms in total. The van der Waals surface area contributed by atoms with Crippen LogP contribution >= 0.6 is 0 Å². The van der Waals surface area contributed by atoms with Gasteiger partial charge in [-0.2, -0.15) is 0 Å². The van der Waals surface area contributed by atoms with E-state index in [4.69, 9.17) is 0 Å². The molecule has 0 aliphatic heterocycles. The number of carbonyl (C=O) groups is 1. The molecular weight excluding hydrogens is 167 g/mol. The highest BCUT2D eigenvalue weighted by molar-refractivity contribution is 5.87. The van der Waals surface area contributed by atoms with Gasteiger partial charge in [-0.05, 0) is 37.3 Å². The minimum atomic E-state index is -0.883. The number of ketones is 1. The van der Waals surface area contributed by atoms with E-state index in [0.717, 1.165) is 6.42 Å². The minimum absolute atomic E-state index is 0.0358. The van der Waals surface area contributed by atoms with Crippen LogP contribution < -0.4 is 0 Å². The summed E-state index contributed by atoms with van der Waals surface area (Å²) >= 11 is 0. The first kappa shape index (κ1) is 10.2. The van der Waals surface area contributed by atoms with Crippen molar-refractivity contribution in [2.24, 2.45) is 5.92 Å². The largest absolute Gasteiger partial charge is 0.295 e. The predicted molar refractivity (Wildman–Crippen MR) is 51.2 cm³/mol. The molecule has 0 aromatic carbocycles. The standard InChI is InChI=1S/C11H15FO/c1-8-3-6-11(12)10(7-8)5-4-9(2)13/h4-5,7-8,11H,3,6H2,1-2H3. The third-order valence-electron chi connectivity index (χ3n) is 2.22. The molecule has 0 saturated carbocycles. The number of halogens is 1. The lowest BCUT2D eigenvalue weighted by Gasteiger charge is -2.19. The Balaban J connectivity index is 2.70. The van der Waals surface area contributed by atoms with Gasteiger partial charge in [0, 0.05) is 0 Å². The van der Waals surface area contributed by atoms with E-state index >= 15 is 0 Å². The molecule has 0 bridgehead atoms. The van der Waals surface area contributed by atoms with E-state index in [1.807, 2.05) is 6.08 Å². The van der Waals surface area contributed by atoms with Gasteiger partial charge in [0.1, 0.15) is 6.17 Å². The Morgan fingerprint density at radius 1 is 1.62 bits per heavy atom. The summed E-state index contributed by atoms with van der Waals surface area (Å²) in [6, 6.07) is 0. The van der Waals surface area contributed by atoms with Gasteiger partial charge in [0.2, 0.25) is 0 Å². The lowest BCUT2D eigenvalue weighted by molar-refractivity contribution is -0.112. The number of hydrogen-bond acceptors (Lipinski definition) is 1. The molecule has 0 spiro atoms. The van der Waals surface area contributed by atoms with E-state index < -0.39 is 6.17 Å². The Morgan fingerprint density at radius 3 is 2.92 bits per heavy atom. The summed E-state index contributed by atoms with van der Waals surface area (Å²) in [5.74, 6) is 0.393. The van der Waals surface area contributed by atoms with Crippen molar-refractivity contribution < 1.29 is 9.18 Å². The fourth-order valence-electron chi connectivity index (χ4n) is 1.47. The SMILES string of the molecule is CC(=O)C=CC1=CC(C)CCC1F. The van der Waals surface area contributed by atoms with Crippen LogP contribution in [0.2, 0.25) is 0 Å². The predicted octanol–water partition coefficient (Wildman–Crippen LogP) is 2.83. The summed E-state index contributed by atoms with van der Waals surface area (Å²) in [6.45, 7) is 3.53. The van der Waals surface area contributed by atoms with Gasteiger partial charge in [-0.15, -0.1) is 0 Å². The molecule has 2 unspecified atom stereocenters. The number of allylic oxidation sites excluding steroid dienone is 4. The normalized spacial score (nSPS) is 29.0. The topological polar surface area (TPSA) is 17.1 Å². The molecule has 13 heavy (non-hydrogen) atoms. The molecule has 0 amide bonds. The van der Waals surface area contributed by atoms with E-state index in [-0.39, 0.29) is 5.78 Å². The highest BCUT2D eigenvalue weighted by atomic mass is 19.1. The molecule has 1 aliphatic rings. The molecule has 1 rings (SSSR count). The molecule has 0 aromatic heterocycles. The van der Waals surface area contributed by atoms with Crippen LogP contribution in [-0.2, 0) is 4.79 Å². The lowest BCUT2D eigenvalue weighted by Crippen LogP contribution is -2.12. The highest BCUT2D eigenvalue weighted by Crippen LogP contribution is 2.25. The van der Waals surface area contributed by atoms with Crippen molar-refractivity contribution in [3.8, 4) is 0 Å². The fourth-order valence-corrected chi connectivity index (χ4v) is 1.47. The number of alkyl halides is 1. The summed E-state index contributed by atoms with van der Waals surface area (Å²) in [7, 11) is 0. The molecule has 72 valence electrons. The van der Waals surface area contributed by atoms with Crippen LogP contribution in [0.25, 0.3) is 0 Å². The average molecular weight is 182 g/mol. The fraction of sp³-hybridized carbons (Fsp3) is 0.545. The van der Waals surface area contributed by atoms with E-state index in [2.05, 4.69) is 6.92 Å². The molecule has 0 aromatic rings. The van der Waals surface area contributed by atoms with Crippen LogP contribution in [0.15, 0.2) is 23.8 Å². The van der Waals surface area contributed by atoms with E-state index in [9.17, 15) is 9.18 Å². The summed E-state index contributed by atoms with van der Waals surface area (Å²) in [5, 5.41) is 0. The maximum Gasteiger partial charge on any atom is 0.152 e. The molecule has 0 heterocycles. The van der Waals surface area contributed by atoms with Crippen LogP contribution in [0.1, 0.15) is 26.7 Å². The van der Waals surface area contributed by atoms with Crippen LogP contribution in [-0.4, -0.2) is 12.0 Å². The van der Waals surface area contributed by atoms with Crippen molar-refractivity contribution in [1.82, 2.24) is 0 Å². The third kappa shape index (κ3) is 3.13. The van der Waals surface area contributed by atoms with Gasteiger partial charge < -0.3 is 0 Å². The van der Waals surface area contributed by atoms with Gasteiger partial charge in [-0.25, -0.2) is 4.39 Å². The van der Waals surface area contributed by atoms with Gasteiger partial charge >= 0.3 is 0 Å². The second-order valence-corrected chi connectivity index (χ2v) is 3.63. The van der Waals surface area contributed by atoms with Gasteiger partial charge in [-0.3, -0.25) is 4.79 Å². The highest BCUT2D eigenvalue weighted by Gasteiger charge is 2.17. The number of hydrogen-bond donors (Lipinski definition) is 0. The zero-order valence-corrected chi connectivity index (χ0v) is 8.09. The number of rotatable bonds is 2. The molecular formula is C11H15FO. The molecule has 0 saturated heterocycles. The summed E-state index contributed by atoms with van der Waals surface area (Å²) in [4.78, 5) is 10.6. The maximum atomic E-state index is 13.2. The van der Waals surface area contributed by atoms with Gasteiger partial charge in [0.15, 0.2) is 5.78 Å².